The lowest BCUT2D eigenvalue weighted by Crippen LogP contribution is -2.32. The van der Waals surface area contributed by atoms with Crippen molar-refractivity contribution in [3.63, 3.8) is 0 Å². The lowest BCUT2D eigenvalue weighted by atomic mass is 10.2. The second-order valence-corrected chi connectivity index (χ2v) is 11.0. The first-order valence-corrected chi connectivity index (χ1v) is 14.0. The third-order valence-electron chi connectivity index (χ3n) is 5.35. The summed E-state index contributed by atoms with van der Waals surface area (Å²) in [4.78, 5) is 40.3. The molecule has 2 aromatic carbocycles. The molecule has 37 heavy (non-hydrogen) atoms. The van der Waals surface area contributed by atoms with Crippen LogP contribution in [0.25, 0.3) is 10.2 Å². The third kappa shape index (κ3) is 6.48. The number of carbonyl (C=O) groups is 2. The fourth-order valence-electron chi connectivity index (χ4n) is 3.67. The Hall–Kier alpha value is -3.42. The SMILES string of the molecule is CCCN(CCC)S(=O)(=O)c1ccc(C(=O)N=c2sc3ccc([N+](=O)[O-])cc3n2CC(=O)OCC)cc1. The predicted molar refractivity (Wildman–Crippen MR) is 139 cm³/mol. The van der Waals surface area contributed by atoms with Crippen LogP contribution in [0.15, 0.2) is 52.4 Å². The third-order valence-corrected chi connectivity index (χ3v) is 8.32. The minimum atomic E-state index is -3.70. The van der Waals surface area contributed by atoms with E-state index in [0.29, 0.717) is 36.1 Å². The van der Waals surface area contributed by atoms with Gasteiger partial charge in [0.25, 0.3) is 11.6 Å². The zero-order valence-corrected chi connectivity index (χ0v) is 22.4. The van der Waals surface area contributed by atoms with Crippen LogP contribution in [-0.2, 0) is 26.1 Å². The summed E-state index contributed by atoms with van der Waals surface area (Å²) in [7, 11) is -3.70. The molecule has 1 heterocycles. The number of carbonyl (C=O) groups excluding carboxylic acids is 2. The number of non-ortho nitro benzene ring substituents is 1. The normalized spacial score (nSPS) is 12.3. The van der Waals surface area contributed by atoms with E-state index in [1.54, 1.807) is 6.92 Å². The van der Waals surface area contributed by atoms with Gasteiger partial charge in [-0.3, -0.25) is 19.7 Å². The Morgan fingerprint density at radius 1 is 1.08 bits per heavy atom. The Bertz CT molecular complexity index is 1470. The Kier molecular flexibility index (Phi) is 9.29. The maximum Gasteiger partial charge on any atom is 0.326 e. The number of nitro groups is 1. The largest absolute Gasteiger partial charge is 0.465 e. The van der Waals surface area contributed by atoms with E-state index < -0.39 is 26.8 Å². The molecule has 0 aliphatic heterocycles. The Balaban J connectivity index is 2.01. The van der Waals surface area contributed by atoms with Crippen molar-refractivity contribution in [3.8, 4) is 0 Å². The standard InChI is InChI=1S/C24H28N4O7S2/c1-4-13-26(14-5-2)37(33,34)19-10-7-17(8-11-19)23(30)25-24-27(16-22(29)35-6-3)20-15-18(28(31)32)9-12-21(20)36-24/h7-12,15H,4-6,13-14,16H2,1-3H3. The van der Waals surface area contributed by atoms with Crippen molar-refractivity contribution in [1.82, 2.24) is 8.87 Å². The average Bonchev–Trinajstić information content (AvgIpc) is 3.19. The van der Waals surface area contributed by atoms with Crippen molar-refractivity contribution in [3.05, 3.63) is 62.9 Å². The molecule has 3 rings (SSSR count). The highest BCUT2D eigenvalue weighted by molar-refractivity contribution is 7.89. The molecule has 198 valence electrons. The molecule has 1 aromatic heterocycles. The van der Waals surface area contributed by atoms with Gasteiger partial charge in [0, 0.05) is 30.8 Å². The number of rotatable bonds is 11. The second kappa shape index (κ2) is 12.2. The molecule has 13 heteroatoms. The van der Waals surface area contributed by atoms with E-state index in [9.17, 15) is 28.1 Å². The van der Waals surface area contributed by atoms with Gasteiger partial charge in [-0.05, 0) is 50.1 Å². The van der Waals surface area contributed by atoms with Gasteiger partial charge in [0.2, 0.25) is 10.0 Å². The first-order valence-electron chi connectivity index (χ1n) is 11.7. The molecule has 0 saturated heterocycles. The quantitative estimate of drug-likeness (QED) is 0.202. The monoisotopic (exact) mass is 548 g/mol. The van der Waals surface area contributed by atoms with Gasteiger partial charge in [-0.25, -0.2) is 8.42 Å². The molecule has 0 saturated carbocycles. The lowest BCUT2D eigenvalue weighted by Gasteiger charge is -2.21. The summed E-state index contributed by atoms with van der Waals surface area (Å²) in [5, 5.41) is 11.2. The highest BCUT2D eigenvalue weighted by Gasteiger charge is 2.23. The van der Waals surface area contributed by atoms with Gasteiger partial charge in [-0.15, -0.1) is 0 Å². The maximum absolute atomic E-state index is 13.0. The number of hydrogen-bond acceptors (Lipinski definition) is 8. The van der Waals surface area contributed by atoms with Gasteiger partial charge in [-0.2, -0.15) is 9.30 Å². The molecular formula is C24H28N4O7S2. The number of benzene rings is 2. The molecule has 0 fully saturated rings. The van der Waals surface area contributed by atoms with Crippen LogP contribution < -0.4 is 4.80 Å². The number of fused-ring (bicyclic) bond motifs is 1. The highest BCUT2D eigenvalue weighted by atomic mass is 32.2. The van der Waals surface area contributed by atoms with Crippen molar-refractivity contribution in [1.29, 1.82) is 0 Å². The summed E-state index contributed by atoms with van der Waals surface area (Å²) < 4.78 is 34.4. The fourth-order valence-corrected chi connectivity index (χ4v) is 6.30. The van der Waals surface area contributed by atoms with E-state index in [-0.39, 0.29) is 34.1 Å². The minimum absolute atomic E-state index is 0.0810. The van der Waals surface area contributed by atoms with Crippen LogP contribution in [0, 0.1) is 10.1 Å². The predicted octanol–water partition coefficient (Wildman–Crippen LogP) is 3.73. The topological polar surface area (TPSA) is 141 Å². The first-order chi connectivity index (χ1) is 17.6. The molecule has 0 atom stereocenters. The summed E-state index contributed by atoms with van der Waals surface area (Å²) in [6.45, 7) is 6.12. The molecule has 0 bridgehead atoms. The number of nitro benzene ring substituents is 1. The van der Waals surface area contributed by atoms with Crippen LogP contribution in [0.4, 0.5) is 5.69 Å². The van der Waals surface area contributed by atoms with Crippen LogP contribution >= 0.6 is 11.3 Å². The molecule has 0 radical (unpaired) electrons. The summed E-state index contributed by atoms with van der Waals surface area (Å²) in [5.41, 5.74) is 0.354. The average molecular weight is 549 g/mol. The van der Waals surface area contributed by atoms with E-state index in [0.717, 1.165) is 11.3 Å². The number of sulfonamides is 1. The number of thiazole rings is 1. The van der Waals surface area contributed by atoms with Gasteiger partial charge in [0.05, 0.1) is 26.6 Å². The number of ether oxygens (including phenoxy) is 1. The van der Waals surface area contributed by atoms with Crippen LogP contribution in [0.5, 0.6) is 0 Å². The summed E-state index contributed by atoms with van der Waals surface area (Å²) in [6.07, 6.45) is 1.36. The Morgan fingerprint density at radius 2 is 1.73 bits per heavy atom. The zero-order chi connectivity index (χ0) is 27.2. The molecule has 0 spiro atoms. The van der Waals surface area contributed by atoms with E-state index >= 15 is 0 Å². The smallest absolute Gasteiger partial charge is 0.326 e. The fraction of sp³-hybridized carbons (Fsp3) is 0.375. The van der Waals surface area contributed by atoms with E-state index in [1.165, 1.54) is 51.3 Å². The molecule has 1 amide bonds. The molecule has 3 aromatic rings. The number of amides is 1. The lowest BCUT2D eigenvalue weighted by molar-refractivity contribution is -0.384. The van der Waals surface area contributed by atoms with Gasteiger partial charge in [-0.1, -0.05) is 25.2 Å². The first kappa shape index (κ1) is 28.2. The van der Waals surface area contributed by atoms with Gasteiger partial charge in [0.15, 0.2) is 4.80 Å². The van der Waals surface area contributed by atoms with E-state index in [1.807, 2.05) is 13.8 Å². The molecule has 0 unspecified atom stereocenters. The van der Waals surface area contributed by atoms with Crippen LogP contribution in [-0.4, -0.2) is 53.8 Å². The van der Waals surface area contributed by atoms with Crippen LogP contribution in [0.2, 0.25) is 0 Å². The Labute approximate surface area is 218 Å². The van der Waals surface area contributed by atoms with Crippen LogP contribution in [0.1, 0.15) is 44.0 Å². The van der Waals surface area contributed by atoms with Gasteiger partial charge < -0.3 is 9.30 Å². The summed E-state index contributed by atoms with van der Waals surface area (Å²) in [6, 6.07) is 9.70. The van der Waals surface area contributed by atoms with Crippen molar-refractivity contribution in [2.45, 2.75) is 45.1 Å². The molecule has 0 aliphatic rings. The van der Waals surface area contributed by atoms with Crippen molar-refractivity contribution in [2.75, 3.05) is 19.7 Å². The number of esters is 1. The minimum Gasteiger partial charge on any atom is -0.465 e. The zero-order valence-electron chi connectivity index (χ0n) is 20.7. The number of hydrogen-bond donors (Lipinski definition) is 0. The second-order valence-electron chi connectivity index (χ2n) is 8.03. The van der Waals surface area contributed by atoms with Gasteiger partial charge in [0.1, 0.15) is 6.54 Å². The summed E-state index contributed by atoms with van der Waals surface area (Å²) >= 11 is 1.09. The molecule has 11 nitrogen and oxygen atoms in total. The molecule has 0 aliphatic carbocycles. The van der Waals surface area contributed by atoms with Crippen LogP contribution in [0.3, 0.4) is 0 Å². The van der Waals surface area contributed by atoms with Crippen molar-refractivity contribution < 1.29 is 27.7 Å². The van der Waals surface area contributed by atoms with E-state index in [4.69, 9.17) is 4.74 Å². The Morgan fingerprint density at radius 3 is 2.30 bits per heavy atom. The van der Waals surface area contributed by atoms with E-state index in [2.05, 4.69) is 4.99 Å². The number of aromatic nitrogens is 1. The molecule has 0 N–H and O–H groups in total. The van der Waals surface area contributed by atoms with Crippen molar-refractivity contribution >= 4 is 49.1 Å². The maximum atomic E-state index is 13.0. The van der Waals surface area contributed by atoms with Gasteiger partial charge >= 0.3 is 5.97 Å². The highest BCUT2D eigenvalue weighted by Crippen LogP contribution is 2.23. The van der Waals surface area contributed by atoms with Crippen molar-refractivity contribution in [2.24, 2.45) is 4.99 Å². The molecular weight excluding hydrogens is 520 g/mol. The number of nitrogens with zero attached hydrogens (tertiary/aromatic N) is 4. The summed E-state index contributed by atoms with van der Waals surface area (Å²) in [5.74, 6) is -1.23.